The summed E-state index contributed by atoms with van der Waals surface area (Å²) >= 11 is 0. The summed E-state index contributed by atoms with van der Waals surface area (Å²) in [6, 6.07) is -0.356. The van der Waals surface area contributed by atoms with Crippen molar-refractivity contribution < 1.29 is 9.53 Å². The van der Waals surface area contributed by atoms with E-state index in [9.17, 15) is 4.79 Å². The van der Waals surface area contributed by atoms with Gasteiger partial charge in [0, 0.05) is 13.2 Å². The van der Waals surface area contributed by atoms with Gasteiger partial charge in [0.05, 0.1) is 12.1 Å². The molecule has 4 heteroatoms. The highest BCUT2D eigenvalue weighted by atomic mass is 16.5. The zero-order valence-electron chi connectivity index (χ0n) is 10.8. The number of carbonyl (C=O) groups is 1. The van der Waals surface area contributed by atoms with Gasteiger partial charge in [-0.2, -0.15) is 0 Å². The van der Waals surface area contributed by atoms with E-state index in [4.69, 9.17) is 10.5 Å². The molecular formula is C12H26N2O2. The number of unbranched alkanes of at least 4 members (excludes halogenated alkanes) is 1. The Morgan fingerprint density at radius 2 is 2.06 bits per heavy atom. The number of carbonyl (C=O) groups excluding carboxylic acids is 1. The van der Waals surface area contributed by atoms with Crippen LogP contribution in [0.2, 0.25) is 0 Å². The standard InChI is InChI=1S/C12H26N2O2/c1-4-5-7-11(13)12(15)14-8-6-9-16-10(2)3/h10-11H,4-9,13H2,1-3H3,(H,14,15). The summed E-state index contributed by atoms with van der Waals surface area (Å²) in [5.74, 6) is -0.0435. The van der Waals surface area contributed by atoms with Gasteiger partial charge in [0.15, 0.2) is 0 Å². The summed E-state index contributed by atoms with van der Waals surface area (Å²) in [6.07, 6.45) is 3.94. The first-order valence-corrected chi connectivity index (χ1v) is 6.22. The minimum absolute atomic E-state index is 0.0435. The summed E-state index contributed by atoms with van der Waals surface area (Å²) in [5.41, 5.74) is 5.72. The fraction of sp³-hybridized carbons (Fsp3) is 0.917. The first-order valence-electron chi connectivity index (χ1n) is 6.22. The van der Waals surface area contributed by atoms with E-state index in [-0.39, 0.29) is 18.1 Å². The van der Waals surface area contributed by atoms with Gasteiger partial charge in [-0.1, -0.05) is 19.8 Å². The molecule has 0 aromatic heterocycles. The van der Waals surface area contributed by atoms with Crippen LogP contribution in [0.25, 0.3) is 0 Å². The number of amides is 1. The van der Waals surface area contributed by atoms with Crippen molar-refractivity contribution in [3.63, 3.8) is 0 Å². The number of nitrogens with one attached hydrogen (secondary N) is 1. The van der Waals surface area contributed by atoms with Crippen molar-refractivity contribution >= 4 is 5.91 Å². The maximum atomic E-state index is 11.5. The molecule has 0 aliphatic carbocycles. The first kappa shape index (κ1) is 15.4. The van der Waals surface area contributed by atoms with Gasteiger partial charge in [0.2, 0.25) is 5.91 Å². The SMILES string of the molecule is CCCCC(N)C(=O)NCCCOC(C)C. The second-order valence-electron chi connectivity index (χ2n) is 4.31. The minimum atomic E-state index is -0.356. The van der Waals surface area contributed by atoms with Crippen molar-refractivity contribution in [2.24, 2.45) is 5.73 Å². The van der Waals surface area contributed by atoms with Crippen molar-refractivity contribution in [3.8, 4) is 0 Å². The number of hydrogen-bond donors (Lipinski definition) is 2. The van der Waals surface area contributed by atoms with Gasteiger partial charge in [0.25, 0.3) is 0 Å². The molecule has 0 aromatic carbocycles. The van der Waals surface area contributed by atoms with Crippen LogP contribution in [0.5, 0.6) is 0 Å². The van der Waals surface area contributed by atoms with Crippen LogP contribution in [0.15, 0.2) is 0 Å². The average Bonchev–Trinajstić information content (AvgIpc) is 2.24. The normalized spacial score (nSPS) is 12.8. The molecule has 3 N–H and O–H groups in total. The molecule has 0 bridgehead atoms. The van der Waals surface area contributed by atoms with E-state index in [1.165, 1.54) is 0 Å². The Bertz CT molecular complexity index is 184. The predicted octanol–water partition coefficient (Wildman–Crippen LogP) is 1.44. The summed E-state index contributed by atoms with van der Waals surface area (Å²) < 4.78 is 5.37. The lowest BCUT2D eigenvalue weighted by molar-refractivity contribution is -0.122. The second-order valence-corrected chi connectivity index (χ2v) is 4.31. The Kier molecular flexibility index (Phi) is 9.24. The zero-order chi connectivity index (χ0) is 12.4. The Morgan fingerprint density at radius 1 is 1.38 bits per heavy atom. The molecular weight excluding hydrogens is 204 g/mol. The van der Waals surface area contributed by atoms with Crippen LogP contribution in [-0.2, 0) is 9.53 Å². The third-order valence-corrected chi connectivity index (χ3v) is 2.28. The van der Waals surface area contributed by atoms with E-state index in [2.05, 4.69) is 12.2 Å². The molecule has 0 rings (SSSR count). The van der Waals surface area contributed by atoms with Crippen molar-refractivity contribution in [1.29, 1.82) is 0 Å². The molecule has 0 radical (unpaired) electrons. The summed E-state index contributed by atoms with van der Waals surface area (Å²) in [4.78, 5) is 11.5. The lowest BCUT2D eigenvalue weighted by Gasteiger charge is -2.12. The number of ether oxygens (including phenoxy) is 1. The Labute approximate surface area is 98.9 Å². The van der Waals surface area contributed by atoms with Crippen molar-refractivity contribution in [1.82, 2.24) is 5.32 Å². The van der Waals surface area contributed by atoms with Gasteiger partial charge in [-0.3, -0.25) is 4.79 Å². The Balaban J connectivity index is 3.42. The molecule has 1 unspecified atom stereocenters. The van der Waals surface area contributed by atoms with Gasteiger partial charge < -0.3 is 15.8 Å². The highest BCUT2D eigenvalue weighted by Crippen LogP contribution is 1.98. The molecule has 1 amide bonds. The molecule has 0 saturated carbocycles. The molecule has 0 aliphatic heterocycles. The Morgan fingerprint density at radius 3 is 2.62 bits per heavy atom. The number of nitrogens with two attached hydrogens (primary N) is 1. The fourth-order valence-corrected chi connectivity index (χ4v) is 1.29. The van der Waals surface area contributed by atoms with Crippen molar-refractivity contribution in [2.75, 3.05) is 13.2 Å². The molecule has 0 aliphatic rings. The van der Waals surface area contributed by atoms with Crippen LogP contribution in [-0.4, -0.2) is 31.2 Å². The third-order valence-electron chi connectivity index (χ3n) is 2.28. The molecule has 0 heterocycles. The molecule has 0 aromatic rings. The molecule has 16 heavy (non-hydrogen) atoms. The topological polar surface area (TPSA) is 64.4 Å². The molecule has 0 fully saturated rings. The van der Waals surface area contributed by atoms with Gasteiger partial charge in [-0.25, -0.2) is 0 Å². The van der Waals surface area contributed by atoms with Gasteiger partial charge in [0.1, 0.15) is 0 Å². The smallest absolute Gasteiger partial charge is 0.236 e. The van der Waals surface area contributed by atoms with Crippen molar-refractivity contribution in [2.45, 2.75) is 58.6 Å². The summed E-state index contributed by atoms with van der Waals surface area (Å²) in [6.45, 7) is 7.42. The highest BCUT2D eigenvalue weighted by Gasteiger charge is 2.11. The predicted molar refractivity (Wildman–Crippen MR) is 66.2 cm³/mol. The van der Waals surface area contributed by atoms with Crippen LogP contribution < -0.4 is 11.1 Å². The largest absolute Gasteiger partial charge is 0.379 e. The average molecular weight is 230 g/mol. The molecule has 96 valence electrons. The molecule has 4 nitrogen and oxygen atoms in total. The summed E-state index contributed by atoms with van der Waals surface area (Å²) in [5, 5.41) is 2.82. The second kappa shape index (κ2) is 9.60. The van der Waals surface area contributed by atoms with Gasteiger partial charge in [-0.05, 0) is 26.7 Å². The third kappa shape index (κ3) is 8.68. The number of rotatable bonds is 9. The zero-order valence-corrected chi connectivity index (χ0v) is 10.8. The minimum Gasteiger partial charge on any atom is -0.379 e. The fourth-order valence-electron chi connectivity index (χ4n) is 1.29. The van der Waals surface area contributed by atoms with Gasteiger partial charge in [-0.15, -0.1) is 0 Å². The van der Waals surface area contributed by atoms with Crippen LogP contribution in [0.4, 0.5) is 0 Å². The van der Waals surface area contributed by atoms with E-state index >= 15 is 0 Å². The monoisotopic (exact) mass is 230 g/mol. The van der Waals surface area contributed by atoms with Crippen molar-refractivity contribution in [3.05, 3.63) is 0 Å². The van der Waals surface area contributed by atoms with E-state index in [0.717, 1.165) is 25.7 Å². The molecule has 0 spiro atoms. The summed E-state index contributed by atoms with van der Waals surface area (Å²) in [7, 11) is 0. The van der Waals surface area contributed by atoms with Crippen LogP contribution in [0.1, 0.15) is 46.5 Å². The maximum Gasteiger partial charge on any atom is 0.236 e. The maximum absolute atomic E-state index is 11.5. The van der Waals surface area contributed by atoms with E-state index in [1.54, 1.807) is 0 Å². The lowest BCUT2D eigenvalue weighted by Crippen LogP contribution is -2.41. The van der Waals surface area contributed by atoms with Crippen LogP contribution in [0.3, 0.4) is 0 Å². The highest BCUT2D eigenvalue weighted by molar-refractivity contribution is 5.81. The van der Waals surface area contributed by atoms with Gasteiger partial charge >= 0.3 is 0 Å². The van der Waals surface area contributed by atoms with E-state index in [0.29, 0.717) is 13.2 Å². The molecule has 0 saturated heterocycles. The van der Waals surface area contributed by atoms with Crippen LogP contribution >= 0.6 is 0 Å². The van der Waals surface area contributed by atoms with E-state index in [1.807, 2.05) is 13.8 Å². The Hall–Kier alpha value is -0.610. The van der Waals surface area contributed by atoms with E-state index < -0.39 is 0 Å². The first-order chi connectivity index (χ1) is 7.57. The quantitative estimate of drug-likeness (QED) is 0.589. The lowest BCUT2D eigenvalue weighted by atomic mass is 10.1. The number of hydrogen-bond acceptors (Lipinski definition) is 3. The van der Waals surface area contributed by atoms with Crippen LogP contribution in [0, 0.1) is 0 Å². The molecule has 1 atom stereocenters.